The summed E-state index contributed by atoms with van der Waals surface area (Å²) in [5.41, 5.74) is 0.354. The van der Waals surface area contributed by atoms with Crippen molar-refractivity contribution < 1.29 is 9.53 Å². The number of amides is 1. The van der Waals surface area contributed by atoms with Crippen molar-refractivity contribution in [1.82, 2.24) is 4.90 Å². The molecular weight excluding hydrogens is 240 g/mol. The van der Waals surface area contributed by atoms with Crippen molar-refractivity contribution in [3.8, 4) is 0 Å². The molecule has 1 aromatic rings. The van der Waals surface area contributed by atoms with E-state index in [9.17, 15) is 4.79 Å². The van der Waals surface area contributed by atoms with Gasteiger partial charge in [-0.3, -0.25) is 4.79 Å². The number of benzene rings is 1. The Labute approximate surface area is 114 Å². The molecule has 19 heavy (non-hydrogen) atoms. The average molecular weight is 262 g/mol. The molecule has 0 unspecified atom stereocenters. The summed E-state index contributed by atoms with van der Waals surface area (Å²) in [5.74, 6) is 0.121. The molecule has 1 aromatic carbocycles. The van der Waals surface area contributed by atoms with Gasteiger partial charge < -0.3 is 15.0 Å². The molecular formula is C15H22N2O2. The van der Waals surface area contributed by atoms with Crippen molar-refractivity contribution in [1.29, 1.82) is 0 Å². The highest BCUT2D eigenvalue weighted by atomic mass is 16.5. The molecule has 0 saturated carbocycles. The Hall–Kier alpha value is -1.55. The highest BCUT2D eigenvalue weighted by Crippen LogP contribution is 2.21. The predicted molar refractivity (Wildman–Crippen MR) is 76.1 cm³/mol. The lowest BCUT2D eigenvalue weighted by atomic mass is 10.0. The molecule has 1 saturated heterocycles. The molecule has 0 aromatic heterocycles. The number of carbonyl (C=O) groups is 1. The fourth-order valence-corrected chi connectivity index (χ4v) is 2.44. The Balaban J connectivity index is 2.01. The van der Waals surface area contributed by atoms with E-state index in [0.717, 1.165) is 18.7 Å². The highest BCUT2D eigenvalue weighted by molar-refractivity contribution is 5.88. The molecule has 1 aliphatic heterocycles. The Morgan fingerprint density at radius 3 is 2.63 bits per heavy atom. The number of hydrogen-bond donors (Lipinski definition) is 1. The zero-order valence-corrected chi connectivity index (χ0v) is 11.8. The van der Waals surface area contributed by atoms with Crippen LogP contribution < -0.4 is 5.32 Å². The number of ether oxygens (including phenoxy) is 1. The molecule has 1 heterocycles. The van der Waals surface area contributed by atoms with E-state index in [1.165, 1.54) is 0 Å². The zero-order valence-electron chi connectivity index (χ0n) is 11.8. The second-order valence-corrected chi connectivity index (χ2v) is 5.51. The lowest BCUT2D eigenvalue weighted by Crippen LogP contribution is -2.49. The monoisotopic (exact) mass is 262 g/mol. The average Bonchev–Trinajstić information content (AvgIpc) is 2.87. The van der Waals surface area contributed by atoms with Crippen LogP contribution in [0.25, 0.3) is 0 Å². The van der Waals surface area contributed by atoms with Crippen LogP contribution in [0.1, 0.15) is 20.3 Å². The minimum atomic E-state index is -0.607. The van der Waals surface area contributed by atoms with Crippen molar-refractivity contribution in [2.24, 2.45) is 0 Å². The van der Waals surface area contributed by atoms with Gasteiger partial charge in [-0.2, -0.15) is 0 Å². The molecule has 1 fully saturated rings. The second-order valence-electron chi connectivity index (χ2n) is 5.51. The fraction of sp³-hybridized carbons (Fsp3) is 0.533. The third kappa shape index (κ3) is 3.26. The largest absolute Gasteiger partial charge is 0.380 e. The first-order valence-electron chi connectivity index (χ1n) is 6.68. The van der Waals surface area contributed by atoms with E-state index in [2.05, 4.69) is 5.32 Å². The first kappa shape index (κ1) is 13.9. The SMILES string of the molecule is CO[C@@H]1CCN(C(=O)C(C)(C)Nc2ccccc2)C1. The van der Waals surface area contributed by atoms with E-state index >= 15 is 0 Å². The summed E-state index contributed by atoms with van der Waals surface area (Å²) in [6.45, 7) is 5.30. The molecule has 0 bridgehead atoms. The summed E-state index contributed by atoms with van der Waals surface area (Å²) in [6, 6.07) is 9.82. The Morgan fingerprint density at radius 1 is 1.37 bits per heavy atom. The van der Waals surface area contributed by atoms with E-state index in [-0.39, 0.29) is 12.0 Å². The summed E-state index contributed by atoms with van der Waals surface area (Å²) in [6.07, 6.45) is 1.10. The van der Waals surface area contributed by atoms with Gasteiger partial charge >= 0.3 is 0 Å². The minimum absolute atomic E-state index is 0.121. The summed E-state index contributed by atoms with van der Waals surface area (Å²) < 4.78 is 5.31. The molecule has 1 amide bonds. The number of anilines is 1. The Morgan fingerprint density at radius 2 is 2.05 bits per heavy atom. The maximum absolute atomic E-state index is 12.5. The van der Waals surface area contributed by atoms with Gasteiger partial charge in [-0.25, -0.2) is 0 Å². The Bertz CT molecular complexity index is 431. The molecule has 4 heteroatoms. The van der Waals surface area contributed by atoms with Crippen molar-refractivity contribution in [3.05, 3.63) is 30.3 Å². The summed E-state index contributed by atoms with van der Waals surface area (Å²) in [4.78, 5) is 14.4. The molecule has 1 atom stereocenters. The maximum Gasteiger partial charge on any atom is 0.247 e. The third-order valence-electron chi connectivity index (χ3n) is 3.53. The van der Waals surface area contributed by atoms with Crippen LogP contribution in [0.15, 0.2) is 30.3 Å². The van der Waals surface area contributed by atoms with Crippen LogP contribution in [0, 0.1) is 0 Å². The van der Waals surface area contributed by atoms with Gasteiger partial charge in [-0.15, -0.1) is 0 Å². The second kappa shape index (κ2) is 5.61. The van der Waals surface area contributed by atoms with Crippen LogP contribution >= 0.6 is 0 Å². The van der Waals surface area contributed by atoms with Crippen LogP contribution in [-0.2, 0) is 9.53 Å². The molecule has 2 rings (SSSR count). The van der Waals surface area contributed by atoms with Crippen molar-refractivity contribution >= 4 is 11.6 Å². The predicted octanol–water partition coefficient (Wildman–Crippen LogP) is 2.12. The summed E-state index contributed by atoms with van der Waals surface area (Å²) in [5, 5.41) is 3.30. The van der Waals surface area contributed by atoms with E-state index in [1.807, 2.05) is 49.1 Å². The van der Waals surface area contributed by atoms with E-state index in [1.54, 1.807) is 7.11 Å². The van der Waals surface area contributed by atoms with Gasteiger partial charge in [0.25, 0.3) is 0 Å². The number of nitrogens with one attached hydrogen (secondary N) is 1. The van der Waals surface area contributed by atoms with Crippen LogP contribution in [0.2, 0.25) is 0 Å². The van der Waals surface area contributed by atoms with Gasteiger partial charge in [0.1, 0.15) is 5.54 Å². The summed E-state index contributed by atoms with van der Waals surface area (Å²) in [7, 11) is 1.70. The maximum atomic E-state index is 12.5. The van der Waals surface area contributed by atoms with Gasteiger partial charge in [0.05, 0.1) is 6.10 Å². The number of carbonyl (C=O) groups excluding carboxylic acids is 1. The lowest BCUT2D eigenvalue weighted by molar-refractivity contribution is -0.134. The van der Waals surface area contributed by atoms with Gasteiger partial charge in [0.15, 0.2) is 0 Å². The van der Waals surface area contributed by atoms with Crippen molar-refractivity contribution in [2.75, 3.05) is 25.5 Å². The number of para-hydroxylation sites is 1. The highest BCUT2D eigenvalue weighted by Gasteiger charge is 2.35. The molecule has 0 radical (unpaired) electrons. The quantitative estimate of drug-likeness (QED) is 0.903. The summed E-state index contributed by atoms with van der Waals surface area (Å²) >= 11 is 0. The van der Waals surface area contributed by atoms with Crippen molar-refractivity contribution in [3.63, 3.8) is 0 Å². The van der Waals surface area contributed by atoms with E-state index in [4.69, 9.17) is 4.74 Å². The van der Waals surface area contributed by atoms with Gasteiger partial charge in [-0.1, -0.05) is 18.2 Å². The fourth-order valence-electron chi connectivity index (χ4n) is 2.44. The molecule has 1 N–H and O–H groups in total. The molecule has 104 valence electrons. The van der Waals surface area contributed by atoms with Crippen LogP contribution in [0.4, 0.5) is 5.69 Å². The topological polar surface area (TPSA) is 41.6 Å². The zero-order chi connectivity index (χ0) is 13.9. The first-order chi connectivity index (χ1) is 9.03. The normalized spacial score (nSPS) is 19.5. The molecule has 4 nitrogen and oxygen atoms in total. The smallest absolute Gasteiger partial charge is 0.247 e. The standard InChI is InChI=1S/C15H22N2O2/c1-15(2,16-12-7-5-4-6-8-12)14(18)17-10-9-13(11-17)19-3/h4-8,13,16H,9-11H2,1-3H3/t13-/m1/s1. The van der Waals surface area contributed by atoms with Crippen LogP contribution in [0.3, 0.4) is 0 Å². The number of likely N-dealkylation sites (tertiary alicyclic amines) is 1. The number of rotatable bonds is 4. The van der Waals surface area contributed by atoms with Crippen LogP contribution in [-0.4, -0.2) is 42.6 Å². The van der Waals surface area contributed by atoms with Gasteiger partial charge in [0.2, 0.25) is 5.91 Å². The number of hydrogen-bond acceptors (Lipinski definition) is 3. The van der Waals surface area contributed by atoms with E-state index in [0.29, 0.717) is 6.54 Å². The third-order valence-corrected chi connectivity index (χ3v) is 3.53. The van der Waals surface area contributed by atoms with Gasteiger partial charge in [0, 0.05) is 25.9 Å². The number of nitrogens with zero attached hydrogens (tertiary/aromatic N) is 1. The molecule has 1 aliphatic rings. The van der Waals surface area contributed by atoms with E-state index < -0.39 is 5.54 Å². The minimum Gasteiger partial charge on any atom is -0.380 e. The number of methoxy groups -OCH3 is 1. The first-order valence-corrected chi connectivity index (χ1v) is 6.68. The van der Waals surface area contributed by atoms with Crippen molar-refractivity contribution in [2.45, 2.75) is 31.9 Å². The molecule has 0 aliphatic carbocycles. The van der Waals surface area contributed by atoms with Gasteiger partial charge in [-0.05, 0) is 32.4 Å². The Kier molecular flexibility index (Phi) is 4.10. The molecule has 0 spiro atoms. The lowest BCUT2D eigenvalue weighted by Gasteiger charge is -2.31. The van der Waals surface area contributed by atoms with Crippen LogP contribution in [0.5, 0.6) is 0 Å².